The normalized spacial score (nSPS) is 18.1. The number of rotatable bonds is 6. The van der Waals surface area contributed by atoms with E-state index in [-0.39, 0.29) is 10.5 Å². The standard InChI is InChI=1S/C26H23Cl2NOS/c1-17-11-18(6-8-24(17)25(30)9-7-23-5-3-4-10-29-23)19-15-26(2,31-16-19)20-12-21(27)14-22(28)13-20/h3-6,8,10-14,16H,7,9,15H2,1-2H3. The average molecular weight is 468 g/mol. The minimum atomic E-state index is -0.116. The number of hydrogen-bond acceptors (Lipinski definition) is 3. The van der Waals surface area contributed by atoms with Gasteiger partial charge in [-0.2, -0.15) is 0 Å². The number of carbonyl (C=O) groups is 1. The lowest BCUT2D eigenvalue weighted by Crippen LogP contribution is -2.14. The Morgan fingerprint density at radius 1 is 1.10 bits per heavy atom. The van der Waals surface area contributed by atoms with Gasteiger partial charge in [-0.1, -0.05) is 47.5 Å². The first kappa shape index (κ1) is 22.1. The summed E-state index contributed by atoms with van der Waals surface area (Å²) in [6, 6.07) is 17.7. The van der Waals surface area contributed by atoms with Crippen molar-refractivity contribution in [3.8, 4) is 0 Å². The van der Waals surface area contributed by atoms with E-state index in [2.05, 4.69) is 29.4 Å². The quantitative estimate of drug-likeness (QED) is 0.345. The third kappa shape index (κ3) is 5.06. The molecule has 2 nitrogen and oxygen atoms in total. The molecule has 1 aromatic heterocycles. The molecule has 1 aliphatic rings. The molecule has 0 spiro atoms. The number of hydrogen-bond donors (Lipinski definition) is 0. The second-order valence-electron chi connectivity index (χ2n) is 8.10. The molecule has 0 bridgehead atoms. The molecule has 0 radical (unpaired) electrons. The zero-order valence-electron chi connectivity index (χ0n) is 17.5. The van der Waals surface area contributed by atoms with E-state index in [1.54, 1.807) is 24.0 Å². The SMILES string of the molecule is Cc1cc(C2=CSC(C)(c3cc(Cl)cc(Cl)c3)C2)ccc1C(=O)CCc1ccccn1. The molecule has 5 heteroatoms. The lowest BCUT2D eigenvalue weighted by molar-refractivity contribution is 0.0982. The fourth-order valence-corrected chi connectivity index (χ4v) is 5.59. The summed E-state index contributed by atoms with van der Waals surface area (Å²) in [5.41, 5.74) is 6.28. The van der Waals surface area contributed by atoms with Gasteiger partial charge >= 0.3 is 0 Å². The Kier molecular flexibility index (Phi) is 6.57. The van der Waals surface area contributed by atoms with Crippen molar-refractivity contribution in [1.29, 1.82) is 0 Å². The number of halogens is 2. The molecule has 0 amide bonds. The molecular formula is C26H23Cl2NOS. The number of carbonyl (C=O) groups excluding carboxylic acids is 1. The molecule has 1 aliphatic heterocycles. The molecule has 4 rings (SSSR count). The van der Waals surface area contributed by atoms with Crippen molar-refractivity contribution in [1.82, 2.24) is 4.98 Å². The van der Waals surface area contributed by atoms with Crippen LogP contribution >= 0.6 is 35.0 Å². The zero-order valence-corrected chi connectivity index (χ0v) is 19.8. The molecule has 1 unspecified atom stereocenters. The maximum absolute atomic E-state index is 12.8. The molecule has 1 atom stereocenters. The van der Waals surface area contributed by atoms with Crippen LogP contribution in [0.4, 0.5) is 0 Å². The Morgan fingerprint density at radius 3 is 2.55 bits per heavy atom. The zero-order chi connectivity index (χ0) is 22.0. The second-order valence-corrected chi connectivity index (χ2v) is 10.3. The highest BCUT2D eigenvalue weighted by atomic mass is 35.5. The number of ketones is 1. The van der Waals surface area contributed by atoms with Crippen molar-refractivity contribution in [2.75, 3.05) is 0 Å². The molecule has 158 valence electrons. The minimum Gasteiger partial charge on any atom is -0.294 e. The van der Waals surface area contributed by atoms with Crippen LogP contribution in [0.15, 0.2) is 66.2 Å². The third-order valence-electron chi connectivity index (χ3n) is 5.69. The van der Waals surface area contributed by atoms with Gasteiger partial charge in [-0.25, -0.2) is 0 Å². The van der Waals surface area contributed by atoms with Crippen molar-refractivity contribution in [3.05, 3.63) is 104 Å². The highest BCUT2D eigenvalue weighted by Gasteiger charge is 2.33. The summed E-state index contributed by atoms with van der Waals surface area (Å²) < 4.78 is -0.116. The monoisotopic (exact) mass is 467 g/mol. The van der Waals surface area contributed by atoms with Gasteiger partial charge in [-0.15, -0.1) is 11.8 Å². The first-order valence-electron chi connectivity index (χ1n) is 10.2. The van der Waals surface area contributed by atoms with Crippen LogP contribution in [0.3, 0.4) is 0 Å². The van der Waals surface area contributed by atoms with Crippen molar-refractivity contribution in [2.24, 2.45) is 0 Å². The van der Waals surface area contributed by atoms with Gasteiger partial charge in [0.25, 0.3) is 0 Å². The number of thioether (sulfide) groups is 1. The number of aryl methyl sites for hydroxylation is 2. The fraction of sp³-hybridized carbons (Fsp3) is 0.231. The number of allylic oxidation sites excluding steroid dienone is 1. The van der Waals surface area contributed by atoms with E-state index in [9.17, 15) is 4.79 Å². The largest absolute Gasteiger partial charge is 0.294 e. The second kappa shape index (κ2) is 9.20. The Bertz CT molecular complexity index is 1140. The van der Waals surface area contributed by atoms with Crippen LogP contribution in [-0.2, 0) is 11.2 Å². The summed E-state index contributed by atoms with van der Waals surface area (Å²) in [4.78, 5) is 17.1. The molecule has 0 N–H and O–H groups in total. The summed E-state index contributed by atoms with van der Waals surface area (Å²) in [5, 5.41) is 3.52. The predicted octanol–water partition coefficient (Wildman–Crippen LogP) is 7.91. The van der Waals surface area contributed by atoms with E-state index in [0.29, 0.717) is 22.9 Å². The Morgan fingerprint density at radius 2 is 1.87 bits per heavy atom. The van der Waals surface area contributed by atoms with Gasteiger partial charge in [0, 0.05) is 38.7 Å². The van der Waals surface area contributed by atoms with Gasteiger partial charge in [-0.05, 0) is 84.7 Å². The van der Waals surface area contributed by atoms with Crippen molar-refractivity contribution in [2.45, 2.75) is 37.9 Å². The van der Waals surface area contributed by atoms with Gasteiger partial charge in [0.05, 0.1) is 0 Å². The molecule has 3 aromatic rings. The van der Waals surface area contributed by atoms with E-state index < -0.39 is 0 Å². The Balaban J connectivity index is 1.47. The molecule has 2 heterocycles. The summed E-state index contributed by atoms with van der Waals surface area (Å²) in [5.74, 6) is 0.155. The van der Waals surface area contributed by atoms with Crippen molar-refractivity contribution >= 4 is 46.3 Å². The van der Waals surface area contributed by atoms with E-state index in [1.807, 2.05) is 43.3 Å². The highest BCUT2D eigenvalue weighted by Crippen LogP contribution is 2.51. The predicted molar refractivity (Wildman–Crippen MR) is 132 cm³/mol. The molecule has 0 saturated carbocycles. The summed E-state index contributed by atoms with van der Waals surface area (Å²) >= 11 is 14.2. The highest BCUT2D eigenvalue weighted by molar-refractivity contribution is 8.03. The number of Topliss-reactive ketones (excluding diaryl/α,β-unsaturated/α-hetero) is 1. The van der Waals surface area contributed by atoms with Gasteiger partial charge < -0.3 is 0 Å². The molecule has 0 saturated heterocycles. The van der Waals surface area contributed by atoms with Crippen molar-refractivity contribution in [3.63, 3.8) is 0 Å². The topological polar surface area (TPSA) is 30.0 Å². The molecule has 0 aliphatic carbocycles. The number of aromatic nitrogens is 1. The average Bonchev–Trinajstić information content (AvgIpc) is 3.15. The maximum Gasteiger partial charge on any atom is 0.163 e. The van der Waals surface area contributed by atoms with Crippen LogP contribution in [0.2, 0.25) is 10.0 Å². The lowest BCUT2D eigenvalue weighted by atomic mass is 9.89. The van der Waals surface area contributed by atoms with Gasteiger partial charge in [-0.3, -0.25) is 9.78 Å². The maximum atomic E-state index is 12.8. The number of pyridine rings is 1. The first-order chi connectivity index (χ1) is 14.8. The van der Waals surface area contributed by atoms with Crippen LogP contribution in [-0.4, -0.2) is 10.8 Å². The summed E-state index contributed by atoms with van der Waals surface area (Å²) in [6.07, 6.45) is 3.76. The van der Waals surface area contributed by atoms with Crippen molar-refractivity contribution < 1.29 is 4.79 Å². The Labute approximate surface area is 197 Å². The third-order valence-corrected chi connectivity index (χ3v) is 7.43. The molecule has 0 fully saturated rings. The van der Waals surface area contributed by atoms with Crippen LogP contribution in [0.5, 0.6) is 0 Å². The van der Waals surface area contributed by atoms with Crippen LogP contribution in [0.1, 0.15) is 52.5 Å². The van der Waals surface area contributed by atoms with E-state index in [0.717, 1.165) is 34.4 Å². The lowest BCUT2D eigenvalue weighted by Gasteiger charge is -2.24. The van der Waals surface area contributed by atoms with Gasteiger partial charge in [0.2, 0.25) is 0 Å². The molecular weight excluding hydrogens is 445 g/mol. The van der Waals surface area contributed by atoms with Crippen LogP contribution in [0.25, 0.3) is 5.57 Å². The smallest absolute Gasteiger partial charge is 0.163 e. The van der Waals surface area contributed by atoms with E-state index in [4.69, 9.17) is 23.2 Å². The molecule has 2 aromatic carbocycles. The Hall–Kier alpha value is -2.07. The van der Waals surface area contributed by atoms with Gasteiger partial charge in [0.15, 0.2) is 5.78 Å². The number of nitrogens with zero attached hydrogens (tertiary/aromatic N) is 1. The summed E-state index contributed by atoms with van der Waals surface area (Å²) in [7, 11) is 0. The first-order valence-corrected chi connectivity index (χ1v) is 11.9. The minimum absolute atomic E-state index is 0.116. The van der Waals surface area contributed by atoms with E-state index >= 15 is 0 Å². The van der Waals surface area contributed by atoms with E-state index in [1.165, 1.54) is 5.57 Å². The van der Waals surface area contributed by atoms with Crippen LogP contribution < -0.4 is 0 Å². The number of benzene rings is 2. The summed E-state index contributed by atoms with van der Waals surface area (Å²) in [6.45, 7) is 4.22. The van der Waals surface area contributed by atoms with Crippen LogP contribution in [0, 0.1) is 6.92 Å². The van der Waals surface area contributed by atoms with Gasteiger partial charge in [0.1, 0.15) is 0 Å². The molecule has 31 heavy (non-hydrogen) atoms. The fourth-order valence-electron chi connectivity index (χ4n) is 3.95.